The lowest BCUT2D eigenvalue weighted by molar-refractivity contribution is -0.137. The molecule has 0 saturated carbocycles. The lowest BCUT2D eigenvalue weighted by Gasteiger charge is -2.34. The van der Waals surface area contributed by atoms with Crippen molar-refractivity contribution in [2.75, 3.05) is 55.0 Å². The molecule has 0 radical (unpaired) electrons. The van der Waals surface area contributed by atoms with E-state index in [2.05, 4.69) is 20.5 Å². The van der Waals surface area contributed by atoms with Gasteiger partial charge in [0.1, 0.15) is 0 Å². The highest BCUT2D eigenvalue weighted by molar-refractivity contribution is 8.13. The van der Waals surface area contributed by atoms with Gasteiger partial charge in [-0.05, 0) is 69.5 Å². The van der Waals surface area contributed by atoms with Gasteiger partial charge in [0.25, 0.3) is 5.91 Å². The summed E-state index contributed by atoms with van der Waals surface area (Å²) in [7, 11) is 1.95. The summed E-state index contributed by atoms with van der Waals surface area (Å²) in [6, 6.07) is 8.35. The van der Waals surface area contributed by atoms with E-state index in [-0.39, 0.29) is 11.6 Å². The van der Waals surface area contributed by atoms with E-state index in [1.54, 1.807) is 30.1 Å². The number of alkyl halides is 3. The van der Waals surface area contributed by atoms with Gasteiger partial charge in [-0.1, -0.05) is 24.8 Å². The number of amidine groups is 1. The summed E-state index contributed by atoms with van der Waals surface area (Å²) in [5.74, 6) is 4.93. The number of aryl methyl sites for hydroxylation is 1. The van der Waals surface area contributed by atoms with Crippen LogP contribution in [0.15, 0.2) is 53.7 Å². The first-order valence-corrected chi connectivity index (χ1v) is 14.8. The number of nitrogens with one attached hydrogen (secondary N) is 2. The maximum Gasteiger partial charge on any atom is 0.416 e. The molecule has 1 heterocycles. The van der Waals surface area contributed by atoms with Crippen LogP contribution in [0.25, 0.3) is 0 Å². The molecule has 1 unspecified atom stereocenters. The monoisotopic (exact) mass is 605 g/mol. The molecule has 2 amide bonds. The number of nitrogens with two attached hydrogens (primary N) is 1. The third-order valence-corrected chi connectivity index (χ3v) is 7.69. The van der Waals surface area contributed by atoms with E-state index in [1.165, 1.54) is 30.1 Å². The fraction of sp³-hybridized carbons (Fsp3) is 0.414. The molecule has 0 bridgehead atoms. The van der Waals surface area contributed by atoms with Crippen molar-refractivity contribution >= 4 is 45.8 Å². The van der Waals surface area contributed by atoms with Gasteiger partial charge in [-0.15, -0.1) is 0 Å². The van der Waals surface area contributed by atoms with E-state index in [0.29, 0.717) is 48.4 Å². The Labute approximate surface area is 249 Å². The topological polar surface area (TPSA) is 106 Å². The maximum atomic E-state index is 13.7. The highest BCUT2D eigenvalue weighted by Crippen LogP contribution is 2.34. The van der Waals surface area contributed by atoms with Crippen LogP contribution in [0.4, 0.5) is 30.2 Å². The zero-order valence-corrected chi connectivity index (χ0v) is 25.3. The Morgan fingerprint density at radius 1 is 1.14 bits per heavy atom. The molecule has 13 heteroatoms. The molecule has 1 fully saturated rings. The molecule has 0 aliphatic carbocycles. The fourth-order valence-corrected chi connectivity index (χ4v) is 4.70. The molecular weight excluding hydrogens is 567 g/mol. The number of aliphatic imine (C=N–C) groups is 1. The fourth-order valence-electron chi connectivity index (χ4n) is 4.14. The van der Waals surface area contributed by atoms with Crippen molar-refractivity contribution in [3.05, 3.63) is 65.4 Å². The molecule has 42 heavy (non-hydrogen) atoms. The lowest BCUT2D eigenvalue weighted by Crippen LogP contribution is -2.44. The molecule has 228 valence electrons. The third-order valence-electron chi connectivity index (χ3n) is 7.01. The molecule has 1 aliphatic rings. The normalized spacial score (nSPS) is 15.5. The maximum absolute atomic E-state index is 13.7. The molecular formula is C29H38F3N7O2S. The van der Waals surface area contributed by atoms with Gasteiger partial charge in [-0.3, -0.25) is 14.6 Å². The summed E-state index contributed by atoms with van der Waals surface area (Å²) < 4.78 is 41.1. The van der Waals surface area contributed by atoms with Crippen molar-refractivity contribution < 1.29 is 22.8 Å². The number of piperazine rings is 1. The first-order chi connectivity index (χ1) is 19.8. The summed E-state index contributed by atoms with van der Waals surface area (Å²) >= 11 is 1.36. The number of hydrogen-bond donors (Lipinski definition) is 3. The number of nitrogens with zero attached hydrogens (tertiary/aromatic N) is 4. The highest BCUT2D eigenvalue weighted by atomic mass is 32.2. The number of hydrogen-bond acceptors (Lipinski definition) is 7. The van der Waals surface area contributed by atoms with Gasteiger partial charge in [0.05, 0.1) is 5.56 Å². The Bertz CT molecular complexity index is 1320. The molecule has 1 atom stereocenters. The quantitative estimate of drug-likeness (QED) is 0.125. The van der Waals surface area contributed by atoms with E-state index in [1.807, 2.05) is 32.1 Å². The number of carbonyl (C=O) groups is 2. The second kappa shape index (κ2) is 14.6. The second-order valence-corrected chi connectivity index (χ2v) is 10.9. The first kappa shape index (κ1) is 33.0. The SMILES string of the molecule is CCC(C)N(N)C(=N/C=C/C(=O)Nc1cc(NC(=O)c2cc(N3CCN(C)CC3)cc(C(F)(F)F)c2)ccc1C)SC. The van der Waals surface area contributed by atoms with Crippen LogP contribution in [-0.4, -0.2) is 72.4 Å². The molecule has 2 aromatic rings. The smallest absolute Gasteiger partial charge is 0.369 e. The molecule has 4 N–H and O–H groups in total. The molecule has 3 rings (SSSR count). The van der Waals surface area contributed by atoms with E-state index < -0.39 is 23.6 Å². The van der Waals surface area contributed by atoms with Gasteiger partial charge in [-0.25, -0.2) is 10.8 Å². The third kappa shape index (κ3) is 8.97. The standard InChI is InChI=1S/C29H38F3N7O2S/c1-6-20(3)39(33)28(42-5)34-10-9-26(40)36-25-18-23(8-7-19(25)2)35-27(41)21-15-22(29(30,31)32)17-24(16-21)38-13-11-37(4)12-14-38/h7-10,15-18,20H,6,11-14,33H2,1-5H3,(H,35,41)(H,36,40)/b10-9+,34-28?. The summed E-state index contributed by atoms with van der Waals surface area (Å²) in [4.78, 5) is 33.9. The number of thioether (sulfide) groups is 1. The summed E-state index contributed by atoms with van der Waals surface area (Å²) in [6.45, 7) is 8.29. The van der Waals surface area contributed by atoms with Crippen molar-refractivity contribution in [3.63, 3.8) is 0 Å². The van der Waals surface area contributed by atoms with Gasteiger partial charge in [0.15, 0.2) is 5.17 Å². The van der Waals surface area contributed by atoms with Crippen molar-refractivity contribution in [3.8, 4) is 0 Å². The van der Waals surface area contributed by atoms with Crippen molar-refractivity contribution in [2.24, 2.45) is 10.8 Å². The van der Waals surface area contributed by atoms with Crippen LogP contribution in [0.5, 0.6) is 0 Å². The number of rotatable bonds is 8. The number of halogens is 3. The van der Waals surface area contributed by atoms with Gasteiger partial charge in [-0.2, -0.15) is 13.2 Å². The van der Waals surface area contributed by atoms with Crippen molar-refractivity contribution in [1.29, 1.82) is 0 Å². The molecule has 0 aromatic heterocycles. The van der Waals surface area contributed by atoms with Gasteiger partial charge >= 0.3 is 6.18 Å². The van der Waals surface area contributed by atoms with Crippen LogP contribution in [0.1, 0.15) is 41.8 Å². The summed E-state index contributed by atoms with van der Waals surface area (Å²) in [5, 5.41) is 7.51. The highest BCUT2D eigenvalue weighted by Gasteiger charge is 2.32. The Morgan fingerprint density at radius 3 is 2.45 bits per heavy atom. The Hall–Kier alpha value is -3.55. The second-order valence-electron chi connectivity index (χ2n) is 10.1. The Morgan fingerprint density at radius 2 is 1.83 bits per heavy atom. The number of benzene rings is 2. The first-order valence-electron chi connectivity index (χ1n) is 13.5. The number of amides is 2. The molecule has 1 saturated heterocycles. The number of carbonyl (C=O) groups excluding carboxylic acids is 2. The minimum Gasteiger partial charge on any atom is -0.369 e. The van der Waals surface area contributed by atoms with Crippen molar-refractivity contribution in [2.45, 2.75) is 39.4 Å². The zero-order valence-electron chi connectivity index (χ0n) is 24.5. The predicted molar refractivity (Wildman–Crippen MR) is 165 cm³/mol. The van der Waals surface area contributed by atoms with E-state index in [4.69, 9.17) is 5.84 Å². The molecule has 2 aromatic carbocycles. The molecule has 1 aliphatic heterocycles. The Balaban J connectivity index is 1.76. The van der Waals surface area contributed by atoms with E-state index in [9.17, 15) is 22.8 Å². The number of hydrazine groups is 1. The van der Waals surface area contributed by atoms with Crippen LogP contribution in [-0.2, 0) is 11.0 Å². The minimum atomic E-state index is -4.61. The largest absolute Gasteiger partial charge is 0.416 e. The number of likely N-dealkylation sites (N-methyl/N-ethyl adjacent to an activating group) is 1. The average Bonchev–Trinajstić information content (AvgIpc) is 2.96. The van der Waals surface area contributed by atoms with E-state index in [0.717, 1.165) is 24.1 Å². The van der Waals surface area contributed by atoms with Crippen molar-refractivity contribution in [1.82, 2.24) is 9.91 Å². The zero-order chi connectivity index (χ0) is 31.0. The molecule has 0 spiro atoms. The van der Waals surface area contributed by atoms with Crippen LogP contribution in [0.3, 0.4) is 0 Å². The molecule has 9 nitrogen and oxygen atoms in total. The van der Waals surface area contributed by atoms with Gasteiger partial charge < -0.3 is 20.4 Å². The average molecular weight is 606 g/mol. The van der Waals surface area contributed by atoms with Crippen LogP contribution >= 0.6 is 11.8 Å². The van der Waals surface area contributed by atoms with E-state index >= 15 is 0 Å². The summed E-state index contributed by atoms with van der Waals surface area (Å²) in [6.07, 6.45) is 0.677. The lowest BCUT2D eigenvalue weighted by atomic mass is 10.1. The predicted octanol–water partition coefficient (Wildman–Crippen LogP) is 5.16. The number of anilines is 3. The Kier molecular flexibility index (Phi) is 11.4. The van der Waals surface area contributed by atoms with Crippen LogP contribution < -0.4 is 21.4 Å². The van der Waals surface area contributed by atoms with Gasteiger partial charge in [0.2, 0.25) is 5.91 Å². The van der Waals surface area contributed by atoms with Crippen LogP contribution in [0.2, 0.25) is 0 Å². The minimum absolute atomic E-state index is 0.0772. The van der Waals surface area contributed by atoms with Gasteiger partial charge in [0, 0.05) is 67.1 Å². The summed E-state index contributed by atoms with van der Waals surface area (Å²) in [5.41, 5.74) is 0.825. The van der Waals surface area contributed by atoms with Crippen LogP contribution in [0, 0.1) is 6.92 Å².